The number of pyridine rings is 1. The number of piperazine rings is 1. The Hall–Kier alpha value is -6.76. The smallest absolute Gasteiger partial charge is 0.323 e. The lowest BCUT2D eigenvalue weighted by Gasteiger charge is -2.36. The molecular formula is C43H49N13O6. The van der Waals surface area contributed by atoms with Crippen molar-refractivity contribution in [3.8, 4) is 11.4 Å². The molecular weight excluding hydrogens is 795 g/mol. The summed E-state index contributed by atoms with van der Waals surface area (Å²) in [5.41, 5.74) is 7.46. The second-order valence-corrected chi connectivity index (χ2v) is 16.3. The number of ether oxygens (including phenoxy) is 1. The quantitative estimate of drug-likeness (QED) is 0.114. The van der Waals surface area contributed by atoms with Crippen LogP contribution in [0, 0.1) is 6.92 Å². The molecule has 1 atom stereocenters. The Balaban J connectivity index is 0.685. The van der Waals surface area contributed by atoms with Gasteiger partial charge in [-0.2, -0.15) is 5.10 Å². The number of carbonyl (C=O) groups excluding carboxylic acids is 5. The molecule has 6 amide bonds. The van der Waals surface area contributed by atoms with Gasteiger partial charge in [-0.05, 0) is 74.4 Å². The van der Waals surface area contributed by atoms with Gasteiger partial charge in [0.1, 0.15) is 18.3 Å². The van der Waals surface area contributed by atoms with Crippen molar-refractivity contribution in [3.63, 3.8) is 0 Å². The molecule has 1 aromatic carbocycles. The van der Waals surface area contributed by atoms with E-state index >= 15 is 0 Å². The van der Waals surface area contributed by atoms with Gasteiger partial charge in [0, 0.05) is 75.5 Å². The molecule has 322 valence electrons. The monoisotopic (exact) mass is 843 g/mol. The number of rotatable bonds is 13. The molecule has 3 N–H and O–H groups in total. The summed E-state index contributed by atoms with van der Waals surface area (Å²) in [6.45, 7) is 5.72. The van der Waals surface area contributed by atoms with E-state index in [1.165, 1.54) is 0 Å². The van der Waals surface area contributed by atoms with E-state index in [1.807, 2.05) is 46.8 Å². The van der Waals surface area contributed by atoms with Gasteiger partial charge in [0.2, 0.25) is 17.7 Å². The Morgan fingerprint density at radius 2 is 1.79 bits per heavy atom. The number of aromatic nitrogens is 7. The molecule has 7 heterocycles. The zero-order valence-electron chi connectivity index (χ0n) is 34.6. The molecule has 4 aliphatic rings. The Bertz CT molecular complexity index is 2520. The maximum atomic E-state index is 13.1. The van der Waals surface area contributed by atoms with Crippen LogP contribution in [0.1, 0.15) is 84.5 Å². The standard InChI is InChI=1S/C43H49N13O6/c1-27-20-30(47-43(61)48-33-23-44-36-12-13-46-56(36)40(33)28-6-2-3-7-28)22-45-39(27)34-25-54(51-50-34)14-4-5-19-62-26-38(58)53-17-15-52(16-18-53)31-8-9-32-29(21-31)24-55(42(32)60)35-10-11-37(57)49-41(35)59/h8-9,12-13,20-23,25,28,35H,2-7,10-11,14-19,24,26H2,1H3,(H2,47,48,61)(H,49,57,59). The van der Waals surface area contributed by atoms with E-state index in [0.29, 0.717) is 86.5 Å². The Kier molecular flexibility index (Phi) is 11.6. The molecule has 0 spiro atoms. The fourth-order valence-electron chi connectivity index (χ4n) is 8.99. The summed E-state index contributed by atoms with van der Waals surface area (Å²) < 4.78 is 9.34. The minimum Gasteiger partial charge on any atom is -0.372 e. The molecule has 1 unspecified atom stereocenters. The summed E-state index contributed by atoms with van der Waals surface area (Å²) in [6, 6.07) is 8.39. The number of carbonyl (C=O) groups is 5. The van der Waals surface area contributed by atoms with Crippen LogP contribution in [0.4, 0.5) is 21.9 Å². The lowest BCUT2D eigenvalue weighted by atomic mass is 10.0. The Labute approximate surface area is 357 Å². The number of benzene rings is 1. The predicted molar refractivity (Wildman–Crippen MR) is 226 cm³/mol. The van der Waals surface area contributed by atoms with Crippen molar-refractivity contribution < 1.29 is 28.7 Å². The van der Waals surface area contributed by atoms with Crippen molar-refractivity contribution in [2.24, 2.45) is 0 Å². The minimum absolute atomic E-state index is 0.0157. The first-order chi connectivity index (χ1) is 30.2. The number of unbranched alkanes of at least 4 members (excludes halogenated alkanes) is 1. The van der Waals surface area contributed by atoms with E-state index in [2.05, 4.69) is 46.2 Å². The highest BCUT2D eigenvalue weighted by molar-refractivity contribution is 6.05. The van der Waals surface area contributed by atoms with E-state index in [1.54, 1.807) is 34.2 Å². The summed E-state index contributed by atoms with van der Waals surface area (Å²) in [6.07, 6.45) is 13.3. The van der Waals surface area contributed by atoms with Crippen LogP contribution in [0.3, 0.4) is 0 Å². The first-order valence-electron chi connectivity index (χ1n) is 21.3. The number of anilines is 3. The van der Waals surface area contributed by atoms with E-state index < -0.39 is 11.9 Å². The van der Waals surface area contributed by atoms with Crippen LogP contribution in [0.15, 0.2) is 55.1 Å². The van der Waals surface area contributed by atoms with Gasteiger partial charge in [-0.25, -0.2) is 14.3 Å². The van der Waals surface area contributed by atoms with E-state index in [-0.39, 0.29) is 36.8 Å². The van der Waals surface area contributed by atoms with Gasteiger partial charge < -0.3 is 30.1 Å². The summed E-state index contributed by atoms with van der Waals surface area (Å²) in [5.74, 6) is -0.667. The lowest BCUT2D eigenvalue weighted by Crippen LogP contribution is -2.52. The van der Waals surface area contributed by atoms with Crippen LogP contribution in [0.2, 0.25) is 0 Å². The van der Waals surface area contributed by atoms with Crippen LogP contribution in [-0.2, 0) is 32.2 Å². The van der Waals surface area contributed by atoms with Crippen molar-refractivity contribution in [1.82, 2.24) is 49.7 Å². The topological polar surface area (TPSA) is 214 Å². The van der Waals surface area contributed by atoms with Gasteiger partial charge in [0.15, 0.2) is 5.65 Å². The summed E-state index contributed by atoms with van der Waals surface area (Å²) in [7, 11) is 0. The highest BCUT2D eigenvalue weighted by Gasteiger charge is 2.39. The van der Waals surface area contributed by atoms with Crippen LogP contribution >= 0.6 is 0 Å². The molecule has 5 aromatic rings. The largest absolute Gasteiger partial charge is 0.372 e. The number of urea groups is 1. The molecule has 19 nitrogen and oxygen atoms in total. The highest BCUT2D eigenvalue weighted by Crippen LogP contribution is 2.38. The second-order valence-electron chi connectivity index (χ2n) is 16.3. The Morgan fingerprint density at radius 3 is 2.60 bits per heavy atom. The fourth-order valence-corrected chi connectivity index (χ4v) is 8.99. The number of hydrogen-bond acceptors (Lipinski definition) is 12. The van der Waals surface area contributed by atoms with E-state index in [0.717, 1.165) is 66.7 Å². The van der Waals surface area contributed by atoms with Gasteiger partial charge in [-0.1, -0.05) is 18.1 Å². The van der Waals surface area contributed by atoms with Crippen molar-refractivity contribution in [2.45, 2.75) is 83.3 Å². The minimum atomic E-state index is -0.647. The molecule has 2 saturated heterocycles. The molecule has 4 aromatic heterocycles. The molecule has 62 heavy (non-hydrogen) atoms. The summed E-state index contributed by atoms with van der Waals surface area (Å²) >= 11 is 0. The number of amides is 6. The van der Waals surface area contributed by atoms with Gasteiger partial charge >= 0.3 is 6.03 Å². The molecule has 1 saturated carbocycles. The Morgan fingerprint density at radius 1 is 0.952 bits per heavy atom. The van der Waals surface area contributed by atoms with Crippen LogP contribution in [-0.4, -0.2) is 119 Å². The third-order valence-corrected chi connectivity index (χ3v) is 12.2. The molecule has 3 fully saturated rings. The third-order valence-electron chi connectivity index (χ3n) is 12.2. The molecule has 19 heteroatoms. The molecule has 3 aliphatic heterocycles. The van der Waals surface area contributed by atoms with Crippen LogP contribution in [0.25, 0.3) is 17.0 Å². The van der Waals surface area contributed by atoms with Crippen molar-refractivity contribution in [1.29, 1.82) is 0 Å². The maximum absolute atomic E-state index is 13.1. The lowest BCUT2D eigenvalue weighted by molar-refractivity contribution is -0.137. The molecule has 9 rings (SSSR count). The number of hydrogen-bond donors (Lipinski definition) is 3. The summed E-state index contributed by atoms with van der Waals surface area (Å²) in [4.78, 5) is 77.8. The SMILES string of the molecule is Cc1cc(NC(=O)Nc2cnc3ccnn3c2C2CCCC2)cnc1-c1cn(CCCCOCC(=O)N2CCN(c3ccc4c(c3)CN(C3CCC(=O)NC3=O)C4=O)CC2)nn1. The molecule has 0 radical (unpaired) electrons. The van der Waals surface area contributed by atoms with Gasteiger partial charge in [-0.3, -0.25) is 34.2 Å². The van der Waals surface area contributed by atoms with Crippen molar-refractivity contribution in [2.75, 3.05) is 54.9 Å². The number of imide groups is 1. The fraction of sp³-hybridized carbons (Fsp3) is 0.442. The maximum Gasteiger partial charge on any atom is 0.323 e. The molecule has 1 aliphatic carbocycles. The van der Waals surface area contributed by atoms with E-state index in [9.17, 15) is 24.0 Å². The zero-order chi connectivity index (χ0) is 42.7. The normalized spacial score (nSPS) is 18.1. The first-order valence-corrected chi connectivity index (χ1v) is 21.3. The van der Waals surface area contributed by atoms with Crippen LogP contribution < -0.4 is 20.9 Å². The predicted octanol–water partition coefficient (Wildman–Crippen LogP) is 3.90. The van der Waals surface area contributed by atoms with Gasteiger partial charge in [-0.15, -0.1) is 5.10 Å². The van der Waals surface area contributed by atoms with Crippen molar-refractivity contribution in [3.05, 3.63) is 77.5 Å². The number of aryl methyl sites for hydroxylation is 2. The number of fused-ring (bicyclic) bond motifs is 2. The number of nitrogens with one attached hydrogen (secondary N) is 3. The summed E-state index contributed by atoms with van der Waals surface area (Å²) in [5, 5.41) is 21.3. The van der Waals surface area contributed by atoms with Gasteiger partial charge in [0.25, 0.3) is 5.91 Å². The third kappa shape index (κ3) is 8.57. The average Bonchev–Trinajstić information content (AvgIpc) is 4.11. The zero-order valence-corrected chi connectivity index (χ0v) is 34.6. The van der Waals surface area contributed by atoms with E-state index in [4.69, 9.17) is 4.74 Å². The highest BCUT2D eigenvalue weighted by atomic mass is 16.5. The number of piperidine rings is 1. The van der Waals surface area contributed by atoms with Crippen molar-refractivity contribution >= 4 is 52.4 Å². The second kappa shape index (κ2) is 17.7. The molecule has 0 bridgehead atoms. The first kappa shape index (κ1) is 40.6. The average molecular weight is 844 g/mol. The number of nitrogens with zero attached hydrogens (tertiary/aromatic N) is 10. The van der Waals surface area contributed by atoms with Gasteiger partial charge in [0.05, 0.1) is 47.6 Å². The van der Waals surface area contributed by atoms with Crippen LogP contribution in [0.5, 0.6) is 0 Å².